The van der Waals surface area contributed by atoms with E-state index in [0.717, 1.165) is 12.8 Å². The molecule has 1 aliphatic heterocycles. The van der Waals surface area contributed by atoms with Crippen LogP contribution in [0.2, 0.25) is 0 Å². The predicted octanol–water partition coefficient (Wildman–Crippen LogP) is 3.31. The van der Waals surface area contributed by atoms with Gasteiger partial charge >= 0.3 is 6.09 Å². The third-order valence-electron chi connectivity index (χ3n) is 4.52. The smallest absolute Gasteiger partial charge is 0.410 e. The molecule has 1 aromatic heterocycles. The van der Waals surface area contributed by atoms with Gasteiger partial charge in [-0.25, -0.2) is 9.78 Å². The highest BCUT2D eigenvalue weighted by Crippen LogP contribution is 2.25. The number of amides is 1. The summed E-state index contributed by atoms with van der Waals surface area (Å²) in [6.45, 7) is 6.85. The van der Waals surface area contributed by atoms with Gasteiger partial charge in [-0.2, -0.15) is 0 Å². The quantitative estimate of drug-likeness (QED) is 0.649. The number of nitro benzene ring substituents is 1. The Hall–Kier alpha value is -2.84. The minimum absolute atomic E-state index is 0.0206. The molecule has 146 valence electrons. The summed E-state index contributed by atoms with van der Waals surface area (Å²) in [7, 11) is 1.89. The highest BCUT2D eigenvalue weighted by molar-refractivity contribution is 5.80. The van der Waals surface area contributed by atoms with Crippen LogP contribution >= 0.6 is 0 Å². The number of anilines is 1. The van der Waals surface area contributed by atoms with Crippen molar-refractivity contribution in [2.24, 2.45) is 0 Å². The second-order valence-electron chi connectivity index (χ2n) is 7.87. The van der Waals surface area contributed by atoms with Crippen molar-refractivity contribution in [3.05, 3.63) is 28.3 Å². The first-order valence-corrected chi connectivity index (χ1v) is 8.99. The highest BCUT2D eigenvalue weighted by Gasteiger charge is 2.33. The largest absolute Gasteiger partial charge is 0.444 e. The lowest BCUT2D eigenvalue weighted by atomic mass is 10.2. The molecule has 1 fully saturated rings. The molecule has 1 aliphatic rings. The number of H-pyrrole nitrogens is 1. The van der Waals surface area contributed by atoms with E-state index in [1.807, 2.05) is 32.7 Å². The van der Waals surface area contributed by atoms with Crippen molar-refractivity contribution in [1.29, 1.82) is 0 Å². The van der Waals surface area contributed by atoms with Gasteiger partial charge in [0.05, 0.1) is 22.0 Å². The summed E-state index contributed by atoms with van der Waals surface area (Å²) in [5.41, 5.74) is 0.774. The van der Waals surface area contributed by atoms with Gasteiger partial charge in [-0.05, 0) is 39.7 Å². The maximum atomic E-state index is 12.4. The normalized spacial score (nSPS) is 17.3. The van der Waals surface area contributed by atoms with Crippen LogP contribution in [-0.4, -0.2) is 57.7 Å². The van der Waals surface area contributed by atoms with Gasteiger partial charge in [0.25, 0.3) is 5.69 Å². The lowest BCUT2D eigenvalue weighted by molar-refractivity contribution is -0.384. The van der Waals surface area contributed by atoms with Crippen LogP contribution < -0.4 is 4.90 Å². The molecule has 0 unspecified atom stereocenters. The van der Waals surface area contributed by atoms with Crippen molar-refractivity contribution in [2.45, 2.75) is 45.3 Å². The molecule has 1 atom stereocenters. The number of hydrogen-bond acceptors (Lipinski definition) is 6. The van der Waals surface area contributed by atoms with Crippen molar-refractivity contribution in [2.75, 3.05) is 25.0 Å². The number of aromatic nitrogens is 2. The average Bonchev–Trinajstić information content (AvgIpc) is 3.18. The highest BCUT2D eigenvalue weighted by atomic mass is 16.6. The van der Waals surface area contributed by atoms with E-state index in [1.165, 1.54) is 12.1 Å². The summed E-state index contributed by atoms with van der Waals surface area (Å²) < 4.78 is 5.50. The zero-order chi connectivity index (χ0) is 19.8. The second kappa shape index (κ2) is 7.05. The molecule has 0 spiro atoms. The van der Waals surface area contributed by atoms with E-state index in [-0.39, 0.29) is 17.8 Å². The van der Waals surface area contributed by atoms with E-state index in [4.69, 9.17) is 4.74 Å². The molecule has 1 N–H and O–H groups in total. The first-order valence-electron chi connectivity index (χ1n) is 8.99. The fourth-order valence-electron chi connectivity index (χ4n) is 3.27. The molecule has 0 bridgehead atoms. The number of rotatable bonds is 4. The number of nitro groups is 1. The van der Waals surface area contributed by atoms with Crippen LogP contribution in [0.4, 0.5) is 16.4 Å². The van der Waals surface area contributed by atoms with E-state index >= 15 is 0 Å². The maximum absolute atomic E-state index is 12.4. The van der Waals surface area contributed by atoms with Gasteiger partial charge in [-0.1, -0.05) is 0 Å². The number of fused-ring (bicyclic) bond motifs is 1. The van der Waals surface area contributed by atoms with Crippen LogP contribution in [0.3, 0.4) is 0 Å². The van der Waals surface area contributed by atoms with Gasteiger partial charge in [0.15, 0.2) is 0 Å². The van der Waals surface area contributed by atoms with Crippen LogP contribution in [0.25, 0.3) is 11.0 Å². The lowest BCUT2D eigenvalue weighted by Gasteiger charge is -2.30. The van der Waals surface area contributed by atoms with Gasteiger partial charge in [-0.15, -0.1) is 0 Å². The number of carbonyl (C=O) groups is 1. The van der Waals surface area contributed by atoms with Crippen molar-refractivity contribution in [3.63, 3.8) is 0 Å². The lowest BCUT2D eigenvalue weighted by Crippen LogP contribution is -2.44. The number of likely N-dealkylation sites (N-methyl/N-ethyl adjacent to an activating group) is 1. The SMILES string of the molecule is CN(C[C@@H]1CCCN1C(=O)OC(C)(C)C)c1nc2ccc([N+](=O)[O-])cc2[nH]1. The standard InChI is InChI=1S/C18H25N5O4/c1-18(2,3)27-17(24)22-9-5-6-13(22)11-21(4)16-19-14-8-7-12(23(25)26)10-15(14)20-16/h7-8,10,13H,5-6,9,11H2,1-4H3,(H,19,20)/t13-/m0/s1. The molecule has 2 aromatic rings. The molecule has 0 saturated carbocycles. The van der Waals surface area contributed by atoms with Crippen LogP contribution in [-0.2, 0) is 4.74 Å². The Morgan fingerprint density at radius 2 is 2.22 bits per heavy atom. The van der Waals surface area contributed by atoms with Crippen molar-refractivity contribution >= 4 is 28.8 Å². The molecule has 0 radical (unpaired) electrons. The Balaban J connectivity index is 1.72. The molecule has 3 rings (SSSR count). The van der Waals surface area contributed by atoms with E-state index < -0.39 is 10.5 Å². The van der Waals surface area contributed by atoms with Crippen molar-refractivity contribution < 1.29 is 14.5 Å². The topological polar surface area (TPSA) is 105 Å². The monoisotopic (exact) mass is 375 g/mol. The Bertz CT molecular complexity index is 857. The van der Waals surface area contributed by atoms with E-state index in [9.17, 15) is 14.9 Å². The van der Waals surface area contributed by atoms with Gasteiger partial charge in [0.2, 0.25) is 5.95 Å². The number of imidazole rings is 1. The molecule has 1 amide bonds. The summed E-state index contributed by atoms with van der Waals surface area (Å²) in [6.07, 6.45) is 1.54. The van der Waals surface area contributed by atoms with E-state index in [1.54, 1.807) is 11.0 Å². The molecular weight excluding hydrogens is 350 g/mol. The third-order valence-corrected chi connectivity index (χ3v) is 4.52. The molecule has 9 nitrogen and oxygen atoms in total. The fraction of sp³-hybridized carbons (Fsp3) is 0.556. The number of aromatic amines is 1. The number of carbonyl (C=O) groups excluding carboxylic acids is 1. The molecule has 0 aliphatic carbocycles. The summed E-state index contributed by atoms with van der Waals surface area (Å²) in [4.78, 5) is 34.2. The average molecular weight is 375 g/mol. The van der Waals surface area contributed by atoms with Gasteiger partial charge in [0.1, 0.15) is 5.60 Å². The summed E-state index contributed by atoms with van der Waals surface area (Å²) in [5, 5.41) is 10.9. The van der Waals surface area contributed by atoms with Gasteiger partial charge in [-0.3, -0.25) is 10.1 Å². The number of benzene rings is 1. The van der Waals surface area contributed by atoms with Crippen molar-refractivity contribution in [3.8, 4) is 0 Å². The Labute approximate surface area is 157 Å². The van der Waals surface area contributed by atoms with E-state index in [2.05, 4.69) is 9.97 Å². The fourth-order valence-corrected chi connectivity index (χ4v) is 3.27. The summed E-state index contributed by atoms with van der Waals surface area (Å²) in [6, 6.07) is 4.58. The van der Waals surface area contributed by atoms with Gasteiger partial charge in [0, 0.05) is 32.3 Å². The third kappa shape index (κ3) is 4.29. The Kier molecular flexibility index (Phi) is 4.95. The zero-order valence-electron chi connectivity index (χ0n) is 16.1. The molecule has 2 heterocycles. The number of likely N-dealkylation sites (tertiary alicyclic amines) is 1. The van der Waals surface area contributed by atoms with E-state index in [0.29, 0.717) is 30.1 Å². The zero-order valence-corrected chi connectivity index (χ0v) is 16.1. The van der Waals surface area contributed by atoms with Crippen molar-refractivity contribution in [1.82, 2.24) is 14.9 Å². The second-order valence-corrected chi connectivity index (χ2v) is 7.87. The Morgan fingerprint density at radius 1 is 1.48 bits per heavy atom. The first kappa shape index (κ1) is 18.9. The summed E-state index contributed by atoms with van der Waals surface area (Å²) in [5.74, 6) is 0.613. The molecule has 9 heteroatoms. The number of hydrogen-bond donors (Lipinski definition) is 1. The van der Waals surface area contributed by atoms with Crippen LogP contribution in [0.15, 0.2) is 18.2 Å². The first-order chi connectivity index (χ1) is 12.6. The maximum Gasteiger partial charge on any atom is 0.410 e. The summed E-state index contributed by atoms with van der Waals surface area (Å²) >= 11 is 0. The minimum Gasteiger partial charge on any atom is -0.444 e. The Morgan fingerprint density at radius 3 is 2.89 bits per heavy atom. The predicted molar refractivity (Wildman–Crippen MR) is 102 cm³/mol. The molecular formula is C18H25N5O4. The number of non-ortho nitro benzene ring substituents is 1. The number of ether oxygens (including phenoxy) is 1. The van der Waals surface area contributed by atoms with Gasteiger partial charge < -0.3 is 19.5 Å². The molecule has 27 heavy (non-hydrogen) atoms. The van der Waals surface area contributed by atoms with Crippen LogP contribution in [0.5, 0.6) is 0 Å². The number of nitrogens with one attached hydrogen (secondary N) is 1. The van der Waals surface area contributed by atoms with Crippen LogP contribution in [0, 0.1) is 10.1 Å². The molecule has 1 saturated heterocycles. The molecule has 1 aromatic carbocycles. The van der Waals surface area contributed by atoms with Crippen LogP contribution in [0.1, 0.15) is 33.6 Å². The minimum atomic E-state index is -0.524. The number of nitrogens with zero attached hydrogens (tertiary/aromatic N) is 4.